The van der Waals surface area contributed by atoms with Crippen molar-refractivity contribution >= 4 is 26.3 Å². The zero-order valence-corrected chi connectivity index (χ0v) is 17.3. The van der Waals surface area contributed by atoms with Crippen molar-refractivity contribution in [1.82, 2.24) is 18.6 Å². The van der Waals surface area contributed by atoms with Gasteiger partial charge in [0.25, 0.3) is 0 Å². The van der Waals surface area contributed by atoms with E-state index < -0.39 is 10.0 Å². The van der Waals surface area contributed by atoms with E-state index >= 15 is 0 Å². The lowest BCUT2D eigenvalue weighted by atomic mass is 10.1. The van der Waals surface area contributed by atoms with Gasteiger partial charge in [0.2, 0.25) is 10.0 Å². The molecular weight excluding hydrogens is 399 g/mol. The van der Waals surface area contributed by atoms with Gasteiger partial charge >= 0.3 is 0 Å². The van der Waals surface area contributed by atoms with Gasteiger partial charge < -0.3 is 0 Å². The number of fused-ring (bicyclic) bond motifs is 1. The molecule has 150 valence electrons. The van der Waals surface area contributed by atoms with Crippen LogP contribution in [0.3, 0.4) is 0 Å². The van der Waals surface area contributed by atoms with Crippen LogP contribution in [0, 0.1) is 5.82 Å². The van der Waals surface area contributed by atoms with E-state index in [0.717, 1.165) is 21.9 Å². The Labute approximate surface area is 168 Å². The number of rotatable bonds is 6. The Kier molecular flexibility index (Phi) is 5.50. The molecule has 1 aromatic carbocycles. The average Bonchev–Trinajstić information content (AvgIpc) is 3.26. The van der Waals surface area contributed by atoms with Gasteiger partial charge in [-0.25, -0.2) is 17.8 Å². The molecule has 1 saturated heterocycles. The van der Waals surface area contributed by atoms with E-state index in [4.69, 9.17) is 4.98 Å². The molecule has 0 N–H and O–H groups in total. The lowest BCUT2D eigenvalue weighted by Crippen LogP contribution is -2.48. The van der Waals surface area contributed by atoms with Gasteiger partial charge in [0.15, 0.2) is 4.96 Å². The summed E-state index contributed by atoms with van der Waals surface area (Å²) in [5.41, 5.74) is 2.79. The lowest BCUT2D eigenvalue weighted by Gasteiger charge is -2.33. The van der Waals surface area contributed by atoms with Crippen LogP contribution in [0.5, 0.6) is 0 Å². The third-order valence-electron chi connectivity index (χ3n) is 5.04. The molecule has 0 aliphatic carbocycles. The second-order valence-corrected chi connectivity index (χ2v) is 9.92. The van der Waals surface area contributed by atoms with Crippen LogP contribution >= 0.6 is 11.3 Å². The van der Waals surface area contributed by atoms with E-state index in [1.807, 2.05) is 18.5 Å². The highest BCUT2D eigenvalue weighted by Crippen LogP contribution is 2.28. The highest BCUT2D eigenvalue weighted by molar-refractivity contribution is 7.89. The zero-order chi connectivity index (χ0) is 19.7. The van der Waals surface area contributed by atoms with Crippen LogP contribution in [0.1, 0.15) is 19.0 Å². The fourth-order valence-electron chi connectivity index (χ4n) is 3.59. The molecule has 1 aliphatic heterocycles. The van der Waals surface area contributed by atoms with Gasteiger partial charge in [-0.3, -0.25) is 9.30 Å². The first-order chi connectivity index (χ1) is 13.5. The third kappa shape index (κ3) is 3.84. The molecule has 0 radical (unpaired) electrons. The highest BCUT2D eigenvalue weighted by atomic mass is 32.2. The van der Waals surface area contributed by atoms with Gasteiger partial charge in [0.1, 0.15) is 5.82 Å². The number of halogens is 1. The molecule has 6 nitrogen and oxygen atoms in total. The number of thiazole rings is 1. The summed E-state index contributed by atoms with van der Waals surface area (Å²) < 4.78 is 41.6. The van der Waals surface area contributed by atoms with Crippen LogP contribution in [0.4, 0.5) is 4.39 Å². The van der Waals surface area contributed by atoms with Crippen LogP contribution in [-0.4, -0.2) is 58.9 Å². The highest BCUT2D eigenvalue weighted by Gasteiger charge is 2.27. The predicted molar refractivity (Wildman–Crippen MR) is 109 cm³/mol. The first-order valence-corrected chi connectivity index (χ1v) is 11.9. The molecule has 0 unspecified atom stereocenters. The summed E-state index contributed by atoms with van der Waals surface area (Å²) in [4.78, 5) is 7.90. The van der Waals surface area contributed by atoms with Crippen molar-refractivity contribution in [1.29, 1.82) is 0 Å². The van der Waals surface area contributed by atoms with Crippen LogP contribution in [0.15, 0.2) is 35.8 Å². The Morgan fingerprint density at radius 3 is 2.54 bits per heavy atom. The van der Waals surface area contributed by atoms with Gasteiger partial charge in [-0.05, 0) is 30.7 Å². The molecule has 0 saturated carbocycles. The summed E-state index contributed by atoms with van der Waals surface area (Å²) in [6.45, 7) is 4.95. The van der Waals surface area contributed by atoms with Gasteiger partial charge in [-0.1, -0.05) is 6.92 Å². The van der Waals surface area contributed by atoms with Crippen LogP contribution in [0.25, 0.3) is 16.2 Å². The minimum atomic E-state index is -3.14. The Hall–Kier alpha value is -1.81. The molecule has 2 aromatic heterocycles. The Morgan fingerprint density at radius 1 is 1.14 bits per heavy atom. The molecule has 9 heteroatoms. The molecule has 4 rings (SSSR count). The van der Waals surface area contributed by atoms with Gasteiger partial charge in [0, 0.05) is 49.9 Å². The standard InChI is InChI=1S/C19H23FN4O2S2/c1-2-13-28(25,26)23-9-7-22(8-10-23)14-17-18(15-3-5-16(20)6-4-15)21-19-24(17)11-12-27-19/h3-6,11-12H,2,7-10,13-14H2,1H3. The first-order valence-electron chi connectivity index (χ1n) is 9.38. The Bertz CT molecular complexity index is 1050. The minimum absolute atomic E-state index is 0.208. The fourth-order valence-corrected chi connectivity index (χ4v) is 5.81. The summed E-state index contributed by atoms with van der Waals surface area (Å²) in [6.07, 6.45) is 2.63. The van der Waals surface area contributed by atoms with E-state index in [1.165, 1.54) is 12.1 Å². The maximum absolute atomic E-state index is 13.3. The normalized spacial score (nSPS) is 16.8. The lowest BCUT2D eigenvalue weighted by molar-refractivity contribution is 0.180. The second-order valence-electron chi connectivity index (χ2n) is 6.96. The number of piperazine rings is 1. The van der Waals surface area contributed by atoms with Crippen molar-refractivity contribution in [3.63, 3.8) is 0 Å². The minimum Gasteiger partial charge on any atom is -0.295 e. The van der Waals surface area contributed by atoms with Crippen molar-refractivity contribution in [2.75, 3.05) is 31.9 Å². The number of imidazole rings is 1. The molecule has 1 aliphatic rings. The molecule has 28 heavy (non-hydrogen) atoms. The summed E-state index contributed by atoms with van der Waals surface area (Å²) in [6, 6.07) is 6.40. The van der Waals surface area contributed by atoms with Crippen molar-refractivity contribution < 1.29 is 12.8 Å². The van der Waals surface area contributed by atoms with E-state index in [9.17, 15) is 12.8 Å². The Balaban J connectivity index is 1.55. The fraction of sp³-hybridized carbons (Fsp3) is 0.421. The van der Waals surface area contributed by atoms with Gasteiger partial charge in [-0.2, -0.15) is 4.31 Å². The molecule has 0 bridgehead atoms. The zero-order valence-electron chi connectivity index (χ0n) is 15.7. The maximum atomic E-state index is 13.3. The van der Waals surface area contributed by atoms with Crippen molar-refractivity contribution in [2.45, 2.75) is 19.9 Å². The van der Waals surface area contributed by atoms with E-state index in [0.29, 0.717) is 39.1 Å². The smallest absolute Gasteiger partial charge is 0.214 e. The SMILES string of the molecule is CCCS(=O)(=O)N1CCN(Cc2c(-c3ccc(F)cc3)nc3sccn23)CC1. The Morgan fingerprint density at radius 2 is 1.86 bits per heavy atom. The summed E-state index contributed by atoms with van der Waals surface area (Å²) in [7, 11) is -3.14. The van der Waals surface area contributed by atoms with Crippen LogP contribution < -0.4 is 0 Å². The maximum Gasteiger partial charge on any atom is 0.214 e. The predicted octanol–water partition coefficient (Wildman–Crippen LogP) is 3.06. The topological polar surface area (TPSA) is 57.9 Å². The van der Waals surface area contributed by atoms with Crippen molar-refractivity contribution in [3.8, 4) is 11.3 Å². The monoisotopic (exact) mass is 422 g/mol. The number of hydrogen-bond donors (Lipinski definition) is 0. The van der Waals surface area contributed by atoms with Crippen LogP contribution in [0.2, 0.25) is 0 Å². The number of nitrogens with zero attached hydrogens (tertiary/aromatic N) is 4. The number of benzene rings is 1. The molecule has 0 spiro atoms. The van der Waals surface area contributed by atoms with Gasteiger partial charge in [-0.15, -0.1) is 11.3 Å². The van der Waals surface area contributed by atoms with Crippen molar-refractivity contribution in [2.24, 2.45) is 0 Å². The summed E-state index contributed by atoms with van der Waals surface area (Å²) in [5, 5.41) is 2.00. The van der Waals surface area contributed by atoms with Gasteiger partial charge in [0.05, 0.1) is 17.1 Å². The molecule has 3 aromatic rings. The number of aromatic nitrogens is 2. The van der Waals surface area contributed by atoms with Crippen LogP contribution in [-0.2, 0) is 16.6 Å². The van der Waals surface area contributed by atoms with Crippen molar-refractivity contribution in [3.05, 3.63) is 47.4 Å². The summed E-state index contributed by atoms with van der Waals surface area (Å²) in [5.74, 6) is -0.0596. The number of sulfonamides is 1. The van der Waals surface area contributed by atoms with E-state index in [-0.39, 0.29) is 11.6 Å². The molecular formula is C19H23FN4O2S2. The third-order valence-corrected chi connectivity index (χ3v) is 7.87. The quantitative estimate of drug-likeness (QED) is 0.613. The first kappa shape index (κ1) is 19.5. The average molecular weight is 423 g/mol. The van der Waals surface area contributed by atoms with E-state index in [2.05, 4.69) is 9.30 Å². The largest absolute Gasteiger partial charge is 0.295 e. The molecule has 1 fully saturated rings. The number of hydrogen-bond acceptors (Lipinski definition) is 5. The molecule has 0 atom stereocenters. The second kappa shape index (κ2) is 7.90. The molecule has 3 heterocycles. The summed E-state index contributed by atoms with van der Waals surface area (Å²) >= 11 is 1.56. The molecule has 0 amide bonds. The van der Waals surface area contributed by atoms with E-state index in [1.54, 1.807) is 27.8 Å².